The van der Waals surface area contributed by atoms with Crippen LogP contribution >= 0.6 is 43.6 Å². The van der Waals surface area contributed by atoms with Gasteiger partial charge in [0.15, 0.2) is 0 Å². The number of thioether (sulfide) groups is 1. The Hall–Kier alpha value is 0.290. The Labute approximate surface area is 136 Å². The van der Waals surface area contributed by atoms with Gasteiger partial charge in [-0.2, -0.15) is 11.8 Å². The molecule has 1 aromatic rings. The van der Waals surface area contributed by atoms with Gasteiger partial charge in [-0.05, 0) is 75.1 Å². The van der Waals surface area contributed by atoms with E-state index in [0.717, 1.165) is 27.8 Å². The van der Waals surface area contributed by atoms with Gasteiger partial charge in [0, 0.05) is 17.8 Å². The van der Waals surface area contributed by atoms with E-state index in [0.29, 0.717) is 4.75 Å². The van der Waals surface area contributed by atoms with Crippen molar-refractivity contribution in [3.8, 4) is 5.75 Å². The van der Waals surface area contributed by atoms with Crippen molar-refractivity contribution in [2.45, 2.75) is 31.1 Å². The quantitative estimate of drug-likeness (QED) is 0.769. The fourth-order valence-electron chi connectivity index (χ4n) is 2.36. The minimum atomic E-state index is 0.418. The van der Waals surface area contributed by atoms with Crippen LogP contribution in [-0.4, -0.2) is 24.2 Å². The predicted octanol–water partition coefficient (Wildman–Crippen LogP) is 4.60. The molecular weight excluding hydrogens is 390 g/mol. The van der Waals surface area contributed by atoms with Crippen LogP contribution in [0.1, 0.15) is 25.3 Å². The number of benzene rings is 1. The summed E-state index contributed by atoms with van der Waals surface area (Å²) >= 11 is 9.17. The summed E-state index contributed by atoms with van der Waals surface area (Å²) < 4.78 is 7.71. The molecular formula is C14H19Br2NOS. The lowest BCUT2D eigenvalue weighted by atomic mass is 10.1. The van der Waals surface area contributed by atoms with Crippen LogP contribution in [0, 0.1) is 0 Å². The summed E-state index contributed by atoms with van der Waals surface area (Å²) in [5.74, 6) is 2.15. The highest BCUT2D eigenvalue weighted by Crippen LogP contribution is 2.37. The SMILES string of the molecule is COc1c(Br)cc(CNCC2(C)CCCS2)cc1Br. The summed E-state index contributed by atoms with van der Waals surface area (Å²) in [6.07, 6.45) is 2.67. The zero-order valence-electron chi connectivity index (χ0n) is 11.3. The van der Waals surface area contributed by atoms with Crippen LogP contribution < -0.4 is 10.1 Å². The topological polar surface area (TPSA) is 21.3 Å². The van der Waals surface area contributed by atoms with E-state index >= 15 is 0 Å². The van der Waals surface area contributed by atoms with Crippen molar-refractivity contribution >= 4 is 43.6 Å². The lowest BCUT2D eigenvalue weighted by molar-refractivity contribution is 0.409. The molecule has 1 aromatic carbocycles. The molecule has 1 N–H and O–H groups in total. The van der Waals surface area contributed by atoms with Gasteiger partial charge in [-0.25, -0.2) is 0 Å². The third-order valence-corrected chi connectivity index (χ3v) is 6.11. The highest BCUT2D eigenvalue weighted by molar-refractivity contribution is 9.11. The van der Waals surface area contributed by atoms with Gasteiger partial charge in [0.25, 0.3) is 0 Å². The normalized spacial score (nSPS) is 22.7. The van der Waals surface area contributed by atoms with Crippen molar-refractivity contribution in [1.29, 1.82) is 0 Å². The zero-order valence-corrected chi connectivity index (χ0v) is 15.3. The van der Waals surface area contributed by atoms with Crippen molar-refractivity contribution in [2.24, 2.45) is 0 Å². The van der Waals surface area contributed by atoms with Gasteiger partial charge >= 0.3 is 0 Å². The van der Waals surface area contributed by atoms with Crippen molar-refractivity contribution in [3.63, 3.8) is 0 Å². The minimum absolute atomic E-state index is 0.418. The molecule has 2 nitrogen and oxygen atoms in total. The van der Waals surface area contributed by atoms with E-state index in [1.807, 2.05) is 0 Å². The molecule has 0 bridgehead atoms. The van der Waals surface area contributed by atoms with E-state index < -0.39 is 0 Å². The minimum Gasteiger partial charge on any atom is -0.494 e. The lowest BCUT2D eigenvalue weighted by Crippen LogP contribution is -2.32. The lowest BCUT2D eigenvalue weighted by Gasteiger charge is -2.23. The van der Waals surface area contributed by atoms with Crippen LogP contribution in [0.4, 0.5) is 0 Å². The van der Waals surface area contributed by atoms with Crippen LogP contribution in [0.5, 0.6) is 5.75 Å². The van der Waals surface area contributed by atoms with E-state index in [4.69, 9.17) is 4.74 Å². The first-order chi connectivity index (χ1) is 9.04. The molecule has 1 atom stereocenters. The van der Waals surface area contributed by atoms with Crippen molar-refractivity contribution in [1.82, 2.24) is 5.32 Å². The Morgan fingerprint density at radius 1 is 1.37 bits per heavy atom. The van der Waals surface area contributed by atoms with Gasteiger partial charge < -0.3 is 10.1 Å². The molecule has 1 unspecified atom stereocenters. The molecule has 0 radical (unpaired) electrons. The standard InChI is InChI=1S/C14H19Br2NOS/c1-14(4-3-5-19-14)9-17-8-10-6-11(15)13(18-2)12(16)7-10/h6-7,17H,3-5,8-9H2,1-2H3. The molecule has 1 fully saturated rings. The monoisotopic (exact) mass is 407 g/mol. The molecule has 2 rings (SSSR count). The summed E-state index contributed by atoms with van der Waals surface area (Å²) in [6, 6.07) is 4.22. The van der Waals surface area contributed by atoms with E-state index in [1.54, 1.807) is 7.11 Å². The fourth-order valence-corrected chi connectivity index (χ4v) is 5.24. The first-order valence-corrected chi connectivity index (χ1v) is 8.98. The van der Waals surface area contributed by atoms with E-state index in [-0.39, 0.29) is 0 Å². The van der Waals surface area contributed by atoms with Crippen LogP contribution in [0.15, 0.2) is 21.1 Å². The van der Waals surface area contributed by atoms with E-state index in [2.05, 4.69) is 68.0 Å². The Morgan fingerprint density at radius 2 is 2.05 bits per heavy atom. The molecule has 1 aliphatic rings. The van der Waals surface area contributed by atoms with Crippen molar-refractivity contribution in [3.05, 3.63) is 26.6 Å². The maximum Gasteiger partial charge on any atom is 0.147 e. The third-order valence-electron chi connectivity index (χ3n) is 3.39. The number of hydrogen-bond acceptors (Lipinski definition) is 3. The largest absolute Gasteiger partial charge is 0.494 e. The highest BCUT2D eigenvalue weighted by atomic mass is 79.9. The highest BCUT2D eigenvalue weighted by Gasteiger charge is 2.28. The van der Waals surface area contributed by atoms with E-state index in [1.165, 1.54) is 24.2 Å². The summed E-state index contributed by atoms with van der Waals surface area (Å²) in [6.45, 7) is 4.31. The third kappa shape index (κ3) is 4.13. The molecule has 0 spiro atoms. The van der Waals surface area contributed by atoms with Gasteiger partial charge in [-0.1, -0.05) is 0 Å². The molecule has 1 aliphatic heterocycles. The number of methoxy groups -OCH3 is 1. The Balaban J connectivity index is 1.93. The first kappa shape index (κ1) is 15.7. The molecule has 5 heteroatoms. The van der Waals surface area contributed by atoms with Gasteiger partial charge in [0.2, 0.25) is 0 Å². The number of hydrogen-bond donors (Lipinski definition) is 1. The molecule has 1 saturated heterocycles. The van der Waals surface area contributed by atoms with Gasteiger partial charge in [0.1, 0.15) is 5.75 Å². The summed E-state index contributed by atoms with van der Waals surface area (Å²) in [4.78, 5) is 0. The maximum atomic E-state index is 5.32. The second-order valence-electron chi connectivity index (χ2n) is 5.10. The molecule has 0 aromatic heterocycles. The Bertz CT molecular complexity index is 424. The first-order valence-electron chi connectivity index (χ1n) is 6.41. The Kier molecular flexibility index (Phi) is 5.64. The summed E-state index contributed by atoms with van der Waals surface area (Å²) in [5.41, 5.74) is 1.26. The molecule has 0 aliphatic carbocycles. The summed E-state index contributed by atoms with van der Waals surface area (Å²) in [7, 11) is 1.68. The number of halogens is 2. The molecule has 1 heterocycles. The number of ether oxygens (including phenoxy) is 1. The molecule has 19 heavy (non-hydrogen) atoms. The fraction of sp³-hybridized carbons (Fsp3) is 0.571. The van der Waals surface area contributed by atoms with Crippen LogP contribution in [0.25, 0.3) is 0 Å². The maximum absolute atomic E-state index is 5.32. The predicted molar refractivity (Wildman–Crippen MR) is 90.2 cm³/mol. The smallest absolute Gasteiger partial charge is 0.147 e. The van der Waals surface area contributed by atoms with Gasteiger partial charge in [-0.15, -0.1) is 0 Å². The van der Waals surface area contributed by atoms with Crippen molar-refractivity contribution < 1.29 is 4.74 Å². The second-order valence-corrected chi connectivity index (χ2v) is 8.49. The van der Waals surface area contributed by atoms with Crippen LogP contribution in [-0.2, 0) is 6.54 Å². The summed E-state index contributed by atoms with van der Waals surface area (Å²) in [5, 5.41) is 3.57. The van der Waals surface area contributed by atoms with Gasteiger partial charge in [-0.3, -0.25) is 0 Å². The second kappa shape index (κ2) is 6.83. The molecule has 106 valence electrons. The van der Waals surface area contributed by atoms with Crippen molar-refractivity contribution in [2.75, 3.05) is 19.4 Å². The van der Waals surface area contributed by atoms with E-state index in [9.17, 15) is 0 Å². The molecule has 0 saturated carbocycles. The average molecular weight is 409 g/mol. The molecule has 0 amide bonds. The van der Waals surface area contributed by atoms with Gasteiger partial charge in [0.05, 0.1) is 16.1 Å². The zero-order chi connectivity index (χ0) is 13.9. The number of rotatable bonds is 5. The van der Waals surface area contributed by atoms with Crippen LogP contribution in [0.3, 0.4) is 0 Å². The average Bonchev–Trinajstić information content (AvgIpc) is 2.76. The Morgan fingerprint density at radius 3 is 2.58 bits per heavy atom. The van der Waals surface area contributed by atoms with Crippen LogP contribution in [0.2, 0.25) is 0 Å². The number of nitrogens with one attached hydrogen (secondary N) is 1.